The molecule has 0 radical (unpaired) electrons. The van der Waals surface area contributed by atoms with Crippen LogP contribution in [0.2, 0.25) is 0 Å². The molecule has 1 aliphatic carbocycles. The zero-order valence-corrected chi connectivity index (χ0v) is 15.1. The van der Waals surface area contributed by atoms with E-state index in [0.29, 0.717) is 43.5 Å². The van der Waals surface area contributed by atoms with Gasteiger partial charge in [0.25, 0.3) is 11.6 Å². The third-order valence-corrected chi connectivity index (χ3v) is 4.75. The molecular weight excluding hydrogens is 336 g/mol. The summed E-state index contributed by atoms with van der Waals surface area (Å²) in [6.45, 7) is 5.57. The molecule has 1 aromatic carbocycles. The Labute approximate surface area is 152 Å². The van der Waals surface area contributed by atoms with Crippen LogP contribution in [0.1, 0.15) is 37.0 Å². The summed E-state index contributed by atoms with van der Waals surface area (Å²) in [5, 5.41) is 14.5. The molecule has 140 valence electrons. The van der Waals surface area contributed by atoms with Crippen molar-refractivity contribution in [1.82, 2.24) is 9.80 Å². The maximum atomic E-state index is 12.7. The third kappa shape index (κ3) is 3.95. The highest BCUT2D eigenvalue weighted by Gasteiger charge is 2.28. The van der Waals surface area contributed by atoms with Gasteiger partial charge in [0.15, 0.2) is 0 Å². The van der Waals surface area contributed by atoms with Crippen molar-refractivity contribution in [1.29, 1.82) is 0 Å². The molecule has 0 spiro atoms. The second kappa shape index (κ2) is 7.31. The molecule has 1 saturated carbocycles. The average molecular weight is 360 g/mol. The van der Waals surface area contributed by atoms with E-state index in [1.807, 2.05) is 13.8 Å². The quantitative estimate of drug-likeness (QED) is 0.641. The molecule has 1 N–H and O–H groups in total. The lowest BCUT2D eigenvalue weighted by Crippen LogP contribution is -2.51. The summed E-state index contributed by atoms with van der Waals surface area (Å²) in [6, 6.07) is 4.88. The molecule has 2 aliphatic rings. The number of nitro groups is 1. The molecule has 26 heavy (non-hydrogen) atoms. The van der Waals surface area contributed by atoms with E-state index in [0.717, 1.165) is 12.8 Å². The highest BCUT2D eigenvalue weighted by molar-refractivity contribution is 5.96. The number of nitrogens with one attached hydrogen (secondary N) is 1. The zero-order valence-electron chi connectivity index (χ0n) is 15.1. The minimum atomic E-state index is -0.458. The number of carbonyl (C=O) groups is 2. The summed E-state index contributed by atoms with van der Waals surface area (Å²) >= 11 is 0. The topological polar surface area (TPSA) is 95.8 Å². The van der Waals surface area contributed by atoms with Gasteiger partial charge in [-0.1, -0.05) is 13.8 Å². The molecule has 8 heteroatoms. The van der Waals surface area contributed by atoms with E-state index >= 15 is 0 Å². The lowest BCUT2D eigenvalue weighted by Gasteiger charge is -2.35. The van der Waals surface area contributed by atoms with Gasteiger partial charge < -0.3 is 15.1 Å². The fourth-order valence-corrected chi connectivity index (χ4v) is 3.06. The minimum absolute atomic E-state index is 0.0635. The average Bonchev–Trinajstić information content (AvgIpc) is 3.44. The van der Waals surface area contributed by atoms with Crippen molar-refractivity contribution in [2.75, 3.05) is 31.5 Å². The number of nitrogens with zero attached hydrogens (tertiary/aromatic N) is 3. The van der Waals surface area contributed by atoms with Crippen LogP contribution >= 0.6 is 0 Å². The molecule has 2 amide bonds. The van der Waals surface area contributed by atoms with Gasteiger partial charge in [-0.05, 0) is 25.0 Å². The van der Waals surface area contributed by atoms with Gasteiger partial charge in [-0.25, -0.2) is 0 Å². The highest BCUT2D eigenvalue weighted by atomic mass is 16.6. The molecule has 3 rings (SSSR count). The summed E-state index contributed by atoms with van der Waals surface area (Å²) in [4.78, 5) is 39.1. The lowest BCUT2D eigenvalue weighted by molar-refractivity contribution is -0.384. The number of anilines is 1. The number of piperazine rings is 1. The van der Waals surface area contributed by atoms with Crippen LogP contribution in [-0.4, -0.2) is 58.8 Å². The van der Waals surface area contributed by atoms with E-state index in [4.69, 9.17) is 0 Å². The number of nitro benzene ring substituents is 1. The Bertz CT molecular complexity index is 722. The minimum Gasteiger partial charge on any atom is -0.377 e. The van der Waals surface area contributed by atoms with Gasteiger partial charge in [0.1, 0.15) is 5.69 Å². The van der Waals surface area contributed by atoms with Crippen LogP contribution in [0.15, 0.2) is 18.2 Å². The van der Waals surface area contributed by atoms with Crippen LogP contribution in [0.5, 0.6) is 0 Å². The Morgan fingerprint density at radius 3 is 2.31 bits per heavy atom. The van der Waals surface area contributed by atoms with E-state index in [1.54, 1.807) is 21.9 Å². The van der Waals surface area contributed by atoms with Crippen LogP contribution in [0.3, 0.4) is 0 Å². The molecule has 1 heterocycles. The molecule has 0 atom stereocenters. The van der Waals surface area contributed by atoms with Gasteiger partial charge >= 0.3 is 0 Å². The van der Waals surface area contributed by atoms with Gasteiger partial charge in [-0.3, -0.25) is 19.7 Å². The van der Waals surface area contributed by atoms with Crippen LogP contribution in [-0.2, 0) is 4.79 Å². The van der Waals surface area contributed by atoms with Crippen LogP contribution in [0.4, 0.5) is 11.4 Å². The summed E-state index contributed by atoms with van der Waals surface area (Å²) in [7, 11) is 0. The summed E-state index contributed by atoms with van der Waals surface area (Å²) in [6.07, 6.45) is 2.02. The van der Waals surface area contributed by atoms with E-state index in [2.05, 4.69) is 5.32 Å². The zero-order chi connectivity index (χ0) is 18.8. The number of hydrogen-bond acceptors (Lipinski definition) is 5. The first-order valence-corrected chi connectivity index (χ1v) is 9.00. The van der Waals surface area contributed by atoms with E-state index in [1.165, 1.54) is 6.07 Å². The van der Waals surface area contributed by atoms with Gasteiger partial charge in [0.05, 0.1) is 4.92 Å². The molecule has 1 saturated heterocycles. The predicted molar refractivity (Wildman–Crippen MR) is 97.1 cm³/mol. The Kier molecular flexibility index (Phi) is 5.11. The third-order valence-electron chi connectivity index (χ3n) is 4.75. The molecular formula is C18H24N4O4. The van der Waals surface area contributed by atoms with E-state index < -0.39 is 4.92 Å². The van der Waals surface area contributed by atoms with Crippen molar-refractivity contribution in [3.63, 3.8) is 0 Å². The predicted octanol–water partition coefficient (Wildman–Crippen LogP) is 2.11. The maximum Gasteiger partial charge on any atom is 0.293 e. The number of amides is 2. The Morgan fingerprint density at radius 1 is 1.15 bits per heavy atom. The first-order chi connectivity index (χ1) is 12.4. The van der Waals surface area contributed by atoms with Crippen LogP contribution < -0.4 is 5.32 Å². The van der Waals surface area contributed by atoms with Crippen molar-refractivity contribution in [3.05, 3.63) is 33.9 Å². The van der Waals surface area contributed by atoms with Crippen molar-refractivity contribution in [2.24, 2.45) is 5.92 Å². The standard InChI is InChI=1S/C18H24N4O4/c1-12(2)17(23)20-7-9-21(10-8-20)18(24)13-3-6-15(19-14-4-5-14)16(11-13)22(25)26/h3,6,11-12,14,19H,4-5,7-10H2,1-2H3. The monoisotopic (exact) mass is 360 g/mol. The summed E-state index contributed by atoms with van der Waals surface area (Å²) in [5.74, 6) is -0.211. The SMILES string of the molecule is CC(C)C(=O)N1CCN(C(=O)c2ccc(NC3CC3)c([N+](=O)[O-])c2)CC1. The highest BCUT2D eigenvalue weighted by Crippen LogP contribution is 2.31. The van der Waals surface area contributed by atoms with Crippen molar-refractivity contribution < 1.29 is 14.5 Å². The van der Waals surface area contributed by atoms with Gasteiger partial charge in [0.2, 0.25) is 5.91 Å². The van der Waals surface area contributed by atoms with Gasteiger partial charge in [0, 0.05) is 49.8 Å². The summed E-state index contributed by atoms with van der Waals surface area (Å²) in [5.41, 5.74) is 0.694. The van der Waals surface area contributed by atoms with Crippen LogP contribution in [0, 0.1) is 16.0 Å². The molecule has 2 fully saturated rings. The molecule has 8 nitrogen and oxygen atoms in total. The fourth-order valence-electron chi connectivity index (χ4n) is 3.06. The molecule has 0 aromatic heterocycles. The fraction of sp³-hybridized carbons (Fsp3) is 0.556. The second-order valence-corrected chi connectivity index (χ2v) is 7.18. The van der Waals surface area contributed by atoms with E-state index in [-0.39, 0.29) is 23.4 Å². The Hall–Kier alpha value is -2.64. The molecule has 1 aliphatic heterocycles. The van der Waals surface area contributed by atoms with Crippen LogP contribution in [0.25, 0.3) is 0 Å². The number of carbonyl (C=O) groups excluding carboxylic acids is 2. The number of rotatable bonds is 5. The van der Waals surface area contributed by atoms with Crippen molar-refractivity contribution in [2.45, 2.75) is 32.7 Å². The molecule has 0 bridgehead atoms. The maximum absolute atomic E-state index is 12.7. The normalized spacial score (nSPS) is 17.3. The lowest BCUT2D eigenvalue weighted by atomic mass is 10.1. The van der Waals surface area contributed by atoms with Crippen molar-refractivity contribution in [3.8, 4) is 0 Å². The Balaban J connectivity index is 1.69. The number of hydrogen-bond donors (Lipinski definition) is 1. The van der Waals surface area contributed by atoms with Gasteiger partial charge in [-0.15, -0.1) is 0 Å². The number of benzene rings is 1. The Morgan fingerprint density at radius 2 is 1.77 bits per heavy atom. The summed E-state index contributed by atoms with van der Waals surface area (Å²) < 4.78 is 0. The molecule has 0 unspecified atom stereocenters. The first-order valence-electron chi connectivity index (χ1n) is 9.00. The largest absolute Gasteiger partial charge is 0.377 e. The second-order valence-electron chi connectivity index (χ2n) is 7.18. The van der Waals surface area contributed by atoms with E-state index in [9.17, 15) is 19.7 Å². The van der Waals surface area contributed by atoms with Gasteiger partial charge in [-0.2, -0.15) is 0 Å². The van der Waals surface area contributed by atoms with Crippen molar-refractivity contribution >= 4 is 23.2 Å². The molecule has 1 aromatic rings. The first kappa shape index (κ1) is 18.2. The smallest absolute Gasteiger partial charge is 0.293 e.